The van der Waals surface area contributed by atoms with Crippen LogP contribution in [-0.4, -0.2) is 24.0 Å². The second kappa shape index (κ2) is 6.74. The van der Waals surface area contributed by atoms with Crippen molar-refractivity contribution < 1.29 is 4.42 Å². The van der Waals surface area contributed by atoms with Gasteiger partial charge in [0.2, 0.25) is 0 Å². The first-order chi connectivity index (χ1) is 9.79. The molecule has 0 bridgehead atoms. The SMILES string of the molecule is Ic1ccc(CNC2CCN(Cc3ccccc3)C2)o1. The third-order valence-corrected chi connectivity index (χ3v) is 4.29. The molecule has 0 amide bonds. The Bertz CT molecular complexity index is 540. The van der Waals surface area contributed by atoms with E-state index in [1.807, 2.05) is 12.1 Å². The molecule has 0 radical (unpaired) electrons. The van der Waals surface area contributed by atoms with Crippen molar-refractivity contribution in [2.75, 3.05) is 13.1 Å². The van der Waals surface area contributed by atoms with Crippen LogP contribution in [0.3, 0.4) is 0 Å². The van der Waals surface area contributed by atoms with Crippen molar-refractivity contribution in [1.82, 2.24) is 10.2 Å². The van der Waals surface area contributed by atoms with Crippen molar-refractivity contribution in [3.8, 4) is 0 Å². The van der Waals surface area contributed by atoms with Gasteiger partial charge in [-0.2, -0.15) is 0 Å². The predicted octanol–water partition coefficient (Wildman–Crippen LogP) is 3.25. The van der Waals surface area contributed by atoms with Crippen molar-refractivity contribution in [2.24, 2.45) is 0 Å². The number of furan rings is 1. The van der Waals surface area contributed by atoms with Crippen LogP contribution in [0.4, 0.5) is 0 Å². The highest BCUT2D eigenvalue weighted by Gasteiger charge is 2.22. The zero-order valence-corrected chi connectivity index (χ0v) is 13.5. The van der Waals surface area contributed by atoms with E-state index in [2.05, 4.69) is 63.1 Å². The third kappa shape index (κ3) is 3.84. The van der Waals surface area contributed by atoms with Crippen molar-refractivity contribution in [3.63, 3.8) is 0 Å². The lowest BCUT2D eigenvalue weighted by atomic mass is 10.2. The van der Waals surface area contributed by atoms with Gasteiger partial charge in [-0.1, -0.05) is 30.3 Å². The topological polar surface area (TPSA) is 28.4 Å². The second-order valence-corrected chi connectivity index (χ2v) is 6.36. The highest BCUT2D eigenvalue weighted by atomic mass is 127. The molecule has 1 aliphatic heterocycles. The molecular weight excluding hydrogens is 363 g/mol. The summed E-state index contributed by atoms with van der Waals surface area (Å²) in [5.41, 5.74) is 1.40. The molecule has 20 heavy (non-hydrogen) atoms. The van der Waals surface area contributed by atoms with Crippen molar-refractivity contribution in [2.45, 2.75) is 25.6 Å². The van der Waals surface area contributed by atoms with E-state index in [9.17, 15) is 0 Å². The quantitative estimate of drug-likeness (QED) is 0.805. The van der Waals surface area contributed by atoms with Crippen LogP contribution in [0.2, 0.25) is 0 Å². The van der Waals surface area contributed by atoms with Crippen LogP contribution in [0.1, 0.15) is 17.7 Å². The van der Waals surface area contributed by atoms with Crippen molar-refractivity contribution in [1.29, 1.82) is 0 Å². The van der Waals surface area contributed by atoms with Gasteiger partial charge >= 0.3 is 0 Å². The molecule has 1 aliphatic rings. The Morgan fingerprint density at radius 2 is 2.05 bits per heavy atom. The lowest BCUT2D eigenvalue weighted by Gasteiger charge is -2.16. The lowest BCUT2D eigenvalue weighted by Crippen LogP contribution is -2.31. The molecule has 106 valence electrons. The molecule has 2 heterocycles. The van der Waals surface area contributed by atoms with E-state index >= 15 is 0 Å². The minimum absolute atomic E-state index is 0.571. The summed E-state index contributed by atoms with van der Waals surface area (Å²) in [6, 6.07) is 15.3. The first kappa shape index (κ1) is 14.1. The van der Waals surface area contributed by atoms with Gasteiger partial charge in [-0.15, -0.1) is 0 Å². The van der Waals surface area contributed by atoms with E-state index in [4.69, 9.17) is 4.42 Å². The smallest absolute Gasteiger partial charge is 0.164 e. The number of nitrogens with one attached hydrogen (secondary N) is 1. The molecule has 1 saturated heterocycles. The van der Waals surface area contributed by atoms with E-state index in [0.717, 1.165) is 29.2 Å². The summed E-state index contributed by atoms with van der Waals surface area (Å²) in [6.07, 6.45) is 1.21. The molecule has 1 aromatic heterocycles. The summed E-state index contributed by atoms with van der Waals surface area (Å²) in [5, 5.41) is 3.59. The van der Waals surface area contributed by atoms with Gasteiger partial charge in [0.25, 0.3) is 0 Å². The van der Waals surface area contributed by atoms with Crippen LogP contribution >= 0.6 is 22.6 Å². The molecule has 3 rings (SSSR count). The maximum atomic E-state index is 5.58. The van der Waals surface area contributed by atoms with E-state index < -0.39 is 0 Å². The summed E-state index contributed by atoms with van der Waals surface area (Å²) in [4.78, 5) is 2.51. The number of likely N-dealkylation sites (tertiary alicyclic amines) is 1. The first-order valence-electron chi connectivity index (χ1n) is 7.03. The highest BCUT2D eigenvalue weighted by Crippen LogP contribution is 2.15. The summed E-state index contributed by atoms with van der Waals surface area (Å²) in [5.74, 6) is 1.02. The fourth-order valence-electron chi connectivity index (χ4n) is 2.68. The average Bonchev–Trinajstić information content (AvgIpc) is 3.07. The maximum absolute atomic E-state index is 5.58. The van der Waals surface area contributed by atoms with Gasteiger partial charge < -0.3 is 9.73 Å². The third-order valence-electron chi connectivity index (χ3n) is 3.72. The molecule has 1 unspecified atom stereocenters. The molecular formula is C16H19IN2O. The van der Waals surface area contributed by atoms with Crippen LogP contribution in [-0.2, 0) is 13.1 Å². The van der Waals surface area contributed by atoms with Gasteiger partial charge in [0, 0.05) is 25.7 Å². The Hall–Kier alpha value is -0.850. The number of hydrogen-bond donors (Lipinski definition) is 1. The van der Waals surface area contributed by atoms with E-state index in [1.165, 1.54) is 18.5 Å². The zero-order chi connectivity index (χ0) is 13.8. The van der Waals surface area contributed by atoms with Gasteiger partial charge in [0.15, 0.2) is 3.77 Å². The molecule has 0 saturated carbocycles. The summed E-state index contributed by atoms with van der Waals surface area (Å²) < 4.78 is 6.53. The fraction of sp³-hybridized carbons (Fsp3) is 0.375. The Morgan fingerprint density at radius 1 is 1.20 bits per heavy atom. The second-order valence-electron chi connectivity index (χ2n) is 5.29. The first-order valence-corrected chi connectivity index (χ1v) is 8.11. The summed E-state index contributed by atoms with van der Waals surface area (Å²) >= 11 is 2.20. The maximum Gasteiger partial charge on any atom is 0.164 e. The molecule has 1 atom stereocenters. The molecule has 3 nitrogen and oxygen atoms in total. The minimum atomic E-state index is 0.571. The van der Waals surface area contributed by atoms with Gasteiger partial charge in [0.05, 0.1) is 6.54 Å². The van der Waals surface area contributed by atoms with Crippen LogP contribution < -0.4 is 5.32 Å². The molecule has 0 aliphatic carbocycles. The fourth-order valence-corrected chi connectivity index (χ4v) is 3.14. The number of benzene rings is 1. The normalized spacial score (nSPS) is 19.6. The van der Waals surface area contributed by atoms with Crippen LogP contribution in [0.15, 0.2) is 46.9 Å². The molecule has 1 fully saturated rings. The molecule has 1 aromatic carbocycles. The van der Waals surface area contributed by atoms with Gasteiger partial charge in [-0.3, -0.25) is 4.90 Å². The van der Waals surface area contributed by atoms with E-state index in [-0.39, 0.29) is 0 Å². The van der Waals surface area contributed by atoms with Crippen molar-refractivity contribution >= 4 is 22.6 Å². The van der Waals surface area contributed by atoms with Crippen molar-refractivity contribution in [3.05, 3.63) is 57.6 Å². The van der Waals surface area contributed by atoms with Crippen LogP contribution in [0.25, 0.3) is 0 Å². The molecule has 0 spiro atoms. The van der Waals surface area contributed by atoms with E-state index in [0.29, 0.717) is 6.04 Å². The number of halogens is 1. The molecule has 1 N–H and O–H groups in total. The Labute approximate surface area is 133 Å². The lowest BCUT2D eigenvalue weighted by molar-refractivity contribution is 0.318. The Balaban J connectivity index is 1.45. The highest BCUT2D eigenvalue weighted by molar-refractivity contribution is 14.1. The number of hydrogen-bond acceptors (Lipinski definition) is 3. The largest absolute Gasteiger partial charge is 0.454 e. The Kier molecular flexibility index (Phi) is 4.75. The summed E-state index contributed by atoms with van der Waals surface area (Å²) in [6.45, 7) is 4.17. The standard InChI is InChI=1S/C16H19IN2O/c17-16-7-6-15(20-16)10-18-14-8-9-19(12-14)11-13-4-2-1-3-5-13/h1-7,14,18H,8-12H2. The van der Waals surface area contributed by atoms with Crippen LogP contribution in [0, 0.1) is 3.77 Å². The Morgan fingerprint density at radius 3 is 2.80 bits per heavy atom. The molecule has 2 aromatic rings. The van der Waals surface area contributed by atoms with Crippen LogP contribution in [0.5, 0.6) is 0 Å². The molecule has 4 heteroatoms. The monoisotopic (exact) mass is 382 g/mol. The summed E-state index contributed by atoms with van der Waals surface area (Å²) in [7, 11) is 0. The predicted molar refractivity (Wildman–Crippen MR) is 88.4 cm³/mol. The zero-order valence-electron chi connectivity index (χ0n) is 11.4. The average molecular weight is 382 g/mol. The number of rotatable bonds is 5. The van der Waals surface area contributed by atoms with Gasteiger partial charge in [0.1, 0.15) is 5.76 Å². The number of nitrogens with zero attached hydrogens (tertiary/aromatic N) is 1. The van der Waals surface area contributed by atoms with Gasteiger partial charge in [-0.05, 0) is 46.7 Å². The van der Waals surface area contributed by atoms with E-state index in [1.54, 1.807) is 0 Å². The van der Waals surface area contributed by atoms with Gasteiger partial charge in [-0.25, -0.2) is 0 Å². The minimum Gasteiger partial charge on any atom is -0.454 e.